The monoisotopic (exact) mass is 299 g/mol. The van der Waals surface area contributed by atoms with Crippen LogP contribution in [0.15, 0.2) is 36.4 Å². The van der Waals surface area contributed by atoms with Gasteiger partial charge in [0.2, 0.25) is 0 Å². The van der Waals surface area contributed by atoms with E-state index in [9.17, 15) is 4.39 Å². The predicted octanol–water partition coefficient (Wildman–Crippen LogP) is 5.01. The molecular formula is C14H12Cl2FNO. The van der Waals surface area contributed by atoms with Gasteiger partial charge in [0.15, 0.2) is 11.6 Å². The topological polar surface area (TPSA) is 32.3 Å². The molecule has 2 nitrogen and oxygen atoms in total. The molecule has 0 amide bonds. The average Bonchev–Trinajstić information content (AvgIpc) is 2.37. The highest BCUT2D eigenvalue weighted by atomic mass is 35.5. The molecule has 2 aromatic rings. The molecule has 1 unspecified atom stereocenters. The first-order valence-electron chi connectivity index (χ1n) is 5.68. The van der Waals surface area contributed by atoms with E-state index >= 15 is 0 Å². The zero-order valence-electron chi connectivity index (χ0n) is 10.1. The lowest BCUT2D eigenvalue weighted by atomic mass is 10.1. The Bertz CT molecular complexity index is 604. The van der Waals surface area contributed by atoms with E-state index in [0.717, 1.165) is 5.56 Å². The zero-order chi connectivity index (χ0) is 14.0. The zero-order valence-corrected chi connectivity index (χ0v) is 11.6. The number of halogens is 3. The molecule has 0 aliphatic heterocycles. The van der Waals surface area contributed by atoms with E-state index in [1.807, 2.05) is 13.0 Å². The number of aromatic hydroxyl groups is 1. The van der Waals surface area contributed by atoms with E-state index in [1.54, 1.807) is 18.2 Å². The van der Waals surface area contributed by atoms with Crippen molar-refractivity contribution in [3.8, 4) is 5.75 Å². The molecule has 2 aromatic carbocycles. The van der Waals surface area contributed by atoms with Gasteiger partial charge in [-0.25, -0.2) is 4.39 Å². The van der Waals surface area contributed by atoms with Crippen LogP contribution in [0.25, 0.3) is 0 Å². The number of rotatable bonds is 3. The van der Waals surface area contributed by atoms with Gasteiger partial charge in [-0.3, -0.25) is 0 Å². The van der Waals surface area contributed by atoms with Crippen molar-refractivity contribution in [1.29, 1.82) is 0 Å². The molecule has 0 aliphatic carbocycles. The largest absolute Gasteiger partial charge is 0.505 e. The van der Waals surface area contributed by atoms with Gasteiger partial charge in [0.05, 0.1) is 16.1 Å². The van der Waals surface area contributed by atoms with Crippen LogP contribution in [0.2, 0.25) is 10.0 Å². The molecule has 5 heteroatoms. The molecule has 0 aromatic heterocycles. The minimum atomic E-state index is -0.672. The number of phenols is 1. The third-order valence-electron chi connectivity index (χ3n) is 2.78. The molecule has 2 rings (SSSR count). The maximum absolute atomic E-state index is 13.2. The smallest absolute Gasteiger partial charge is 0.166 e. The normalized spacial score (nSPS) is 12.2. The van der Waals surface area contributed by atoms with E-state index in [-0.39, 0.29) is 11.8 Å². The molecule has 19 heavy (non-hydrogen) atoms. The Hall–Kier alpha value is -1.45. The number of phenolic OH excluding ortho intramolecular Hbond substituents is 1. The molecule has 100 valence electrons. The van der Waals surface area contributed by atoms with Gasteiger partial charge in [-0.1, -0.05) is 35.3 Å². The van der Waals surface area contributed by atoms with E-state index in [0.29, 0.717) is 15.7 Å². The fourth-order valence-corrected chi connectivity index (χ4v) is 2.25. The lowest BCUT2D eigenvalue weighted by molar-refractivity contribution is 0.432. The van der Waals surface area contributed by atoms with Gasteiger partial charge in [0.1, 0.15) is 0 Å². The second-order valence-electron chi connectivity index (χ2n) is 4.18. The number of hydrogen-bond acceptors (Lipinski definition) is 2. The first kappa shape index (κ1) is 14.0. The van der Waals surface area contributed by atoms with Crippen LogP contribution in [-0.2, 0) is 0 Å². The van der Waals surface area contributed by atoms with Gasteiger partial charge in [0, 0.05) is 11.8 Å². The first-order valence-corrected chi connectivity index (χ1v) is 6.43. The van der Waals surface area contributed by atoms with Gasteiger partial charge in [0.25, 0.3) is 0 Å². The summed E-state index contributed by atoms with van der Waals surface area (Å²) in [5, 5.41) is 13.2. The van der Waals surface area contributed by atoms with Gasteiger partial charge in [-0.05, 0) is 30.7 Å². The Labute approximate surface area is 120 Å². The Morgan fingerprint density at radius 2 is 1.95 bits per heavy atom. The Morgan fingerprint density at radius 3 is 2.63 bits per heavy atom. The predicted molar refractivity (Wildman–Crippen MR) is 76.6 cm³/mol. The molecule has 0 saturated carbocycles. The highest BCUT2D eigenvalue weighted by Gasteiger charge is 2.12. The molecule has 0 saturated heterocycles. The fourth-order valence-electron chi connectivity index (χ4n) is 1.78. The first-order chi connectivity index (χ1) is 8.99. The van der Waals surface area contributed by atoms with Crippen LogP contribution in [0.5, 0.6) is 5.75 Å². The second kappa shape index (κ2) is 5.68. The van der Waals surface area contributed by atoms with Crippen molar-refractivity contribution >= 4 is 28.9 Å². The molecule has 0 radical (unpaired) electrons. The number of benzene rings is 2. The summed E-state index contributed by atoms with van der Waals surface area (Å²) < 4.78 is 13.2. The molecular weight excluding hydrogens is 288 g/mol. The van der Waals surface area contributed by atoms with Crippen molar-refractivity contribution in [2.24, 2.45) is 0 Å². The van der Waals surface area contributed by atoms with Crippen molar-refractivity contribution in [2.45, 2.75) is 13.0 Å². The maximum atomic E-state index is 13.2. The minimum Gasteiger partial charge on any atom is -0.505 e. The molecule has 0 aliphatic rings. The quantitative estimate of drug-likeness (QED) is 0.781. The van der Waals surface area contributed by atoms with Crippen molar-refractivity contribution in [3.05, 3.63) is 57.8 Å². The van der Waals surface area contributed by atoms with Crippen LogP contribution in [0.1, 0.15) is 18.5 Å². The molecule has 0 bridgehead atoms. The summed E-state index contributed by atoms with van der Waals surface area (Å²) in [7, 11) is 0. The minimum absolute atomic E-state index is 0.143. The molecule has 0 heterocycles. The summed E-state index contributed by atoms with van der Waals surface area (Å²) in [4.78, 5) is 0. The SMILES string of the molecule is CC(Nc1ccc(O)c(F)c1)c1cccc(Cl)c1Cl. The van der Waals surface area contributed by atoms with Crippen LogP contribution in [0.4, 0.5) is 10.1 Å². The third-order valence-corrected chi connectivity index (χ3v) is 3.61. The highest BCUT2D eigenvalue weighted by molar-refractivity contribution is 6.42. The lowest BCUT2D eigenvalue weighted by Gasteiger charge is -2.17. The van der Waals surface area contributed by atoms with Crippen LogP contribution >= 0.6 is 23.2 Å². The highest BCUT2D eigenvalue weighted by Crippen LogP contribution is 2.32. The van der Waals surface area contributed by atoms with Crippen molar-refractivity contribution < 1.29 is 9.50 Å². The second-order valence-corrected chi connectivity index (χ2v) is 4.96. The number of anilines is 1. The van der Waals surface area contributed by atoms with Crippen molar-refractivity contribution in [3.63, 3.8) is 0 Å². The fraction of sp³-hybridized carbons (Fsp3) is 0.143. The van der Waals surface area contributed by atoms with Gasteiger partial charge in [-0.15, -0.1) is 0 Å². The number of hydrogen-bond donors (Lipinski definition) is 2. The Balaban J connectivity index is 2.23. The maximum Gasteiger partial charge on any atom is 0.166 e. The van der Waals surface area contributed by atoms with E-state index < -0.39 is 5.82 Å². The lowest BCUT2D eigenvalue weighted by Crippen LogP contribution is -2.07. The standard InChI is InChI=1S/C14H12Cl2FNO/c1-8(10-3-2-4-11(15)14(10)16)18-9-5-6-13(19)12(17)7-9/h2-8,18-19H,1H3. The van der Waals surface area contributed by atoms with Crippen LogP contribution in [0, 0.1) is 5.82 Å². The van der Waals surface area contributed by atoms with E-state index in [2.05, 4.69) is 5.32 Å². The van der Waals surface area contributed by atoms with Crippen LogP contribution in [-0.4, -0.2) is 5.11 Å². The molecule has 1 atom stereocenters. The summed E-state index contributed by atoms with van der Waals surface area (Å²) in [5.74, 6) is -1.05. The molecule has 0 spiro atoms. The average molecular weight is 300 g/mol. The van der Waals surface area contributed by atoms with E-state index in [1.165, 1.54) is 12.1 Å². The van der Waals surface area contributed by atoms with Crippen molar-refractivity contribution in [2.75, 3.05) is 5.32 Å². The molecule has 0 fully saturated rings. The summed E-state index contributed by atoms with van der Waals surface area (Å²) in [5.41, 5.74) is 1.38. The van der Waals surface area contributed by atoms with Crippen LogP contribution in [0.3, 0.4) is 0 Å². The summed E-state index contributed by atoms with van der Waals surface area (Å²) in [6, 6.07) is 9.33. The summed E-state index contributed by atoms with van der Waals surface area (Å²) in [6.45, 7) is 1.89. The molecule has 2 N–H and O–H groups in total. The Morgan fingerprint density at radius 1 is 1.21 bits per heavy atom. The van der Waals surface area contributed by atoms with Gasteiger partial charge < -0.3 is 10.4 Å². The van der Waals surface area contributed by atoms with E-state index in [4.69, 9.17) is 28.3 Å². The van der Waals surface area contributed by atoms with Crippen LogP contribution < -0.4 is 5.32 Å². The Kier molecular flexibility index (Phi) is 4.17. The summed E-state index contributed by atoms with van der Waals surface area (Å²) in [6.07, 6.45) is 0. The van der Waals surface area contributed by atoms with Gasteiger partial charge in [-0.2, -0.15) is 0 Å². The summed E-state index contributed by atoms with van der Waals surface area (Å²) >= 11 is 12.1. The van der Waals surface area contributed by atoms with Gasteiger partial charge >= 0.3 is 0 Å². The number of nitrogens with one attached hydrogen (secondary N) is 1. The third kappa shape index (κ3) is 3.11. The van der Waals surface area contributed by atoms with Crippen molar-refractivity contribution in [1.82, 2.24) is 0 Å².